The van der Waals surface area contributed by atoms with Gasteiger partial charge in [-0.05, 0) is 49.3 Å². The van der Waals surface area contributed by atoms with E-state index in [4.69, 9.17) is 24.2 Å². The molecule has 3 aromatic rings. The second kappa shape index (κ2) is 12.5. The van der Waals surface area contributed by atoms with E-state index in [0.29, 0.717) is 56.0 Å². The summed E-state index contributed by atoms with van der Waals surface area (Å²) >= 11 is 0. The second-order valence-electron chi connectivity index (χ2n) is 11.2. The number of carbonyl (C=O) groups excluding carboxylic acids is 1. The van der Waals surface area contributed by atoms with E-state index in [1.165, 1.54) is 0 Å². The molecule has 11 heteroatoms. The number of likely N-dealkylation sites (N-methyl/N-ethyl adjacent to an activating group) is 1. The minimum absolute atomic E-state index is 0.0474. The van der Waals surface area contributed by atoms with Crippen LogP contribution in [0.25, 0.3) is 10.8 Å². The number of benzene rings is 2. The van der Waals surface area contributed by atoms with E-state index in [2.05, 4.69) is 28.2 Å². The van der Waals surface area contributed by atoms with E-state index in [-0.39, 0.29) is 18.7 Å². The zero-order valence-electron chi connectivity index (χ0n) is 24.2. The molecule has 11 nitrogen and oxygen atoms in total. The number of hydrogen-bond donors (Lipinski definition) is 1. The number of carbonyl (C=O) groups is 1. The molecule has 220 valence electrons. The highest BCUT2D eigenvalue weighted by Gasteiger charge is 2.34. The monoisotopic (exact) mass is 571 g/mol. The van der Waals surface area contributed by atoms with Crippen LogP contribution in [0.1, 0.15) is 40.9 Å². The van der Waals surface area contributed by atoms with Gasteiger partial charge in [0.1, 0.15) is 18.2 Å². The lowest BCUT2D eigenvalue weighted by Gasteiger charge is -2.34. The van der Waals surface area contributed by atoms with Crippen molar-refractivity contribution in [1.82, 2.24) is 25.1 Å². The van der Waals surface area contributed by atoms with Crippen LogP contribution in [0.15, 0.2) is 36.4 Å². The number of ether oxygens (including phenoxy) is 3. The highest BCUT2D eigenvalue weighted by Crippen LogP contribution is 2.34. The van der Waals surface area contributed by atoms with Crippen LogP contribution in [0.3, 0.4) is 0 Å². The molecule has 3 aliphatic rings. The fraction of sp³-hybridized carbons (Fsp3) is 0.484. The fourth-order valence-electron chi connectivity index (χ4n) is 6.15. The molecular weight excluding hydrogens is 534 g/mol. The van der Waals surface area contributed by atoms with Crippen molar-refractivity contribution in [3.8, 4) is 17.8 Å². The molecule has 1 amide bonds. The average molecular weight is 572 g/mol. The number of methoxy groups -OCH3 is 1. The first-order valence-electron chi connectivity index (χ1n) is 14.6. The number of anilines is 1. The number of amides is 1. The van der Waals surface area contributed by atoms with Crippen molar-refractivity contribution >= 4 is 22.5 Å². The summed E-state index contributed by atoms with van der Waals surface area (Å²) in [6.45, 7) is 4.57. The molecule has 2 fully saturated rings. The molecule has 1 N–H and O–H groups in total. The summed E-state index contributed by atoms with van der Waals surface area (Å²) in [5.41, 5.74) is 2.30. The van der Waals surface area contributed by atoms with Crippen LogP contribution < -0.4 is 19.7 Å². The summed E-state index contributed by atoms with van der Waals surface area (Å²) < 4.78 is 17.0. The SMILES string of the molecule is COCOc1cc(C(=O)N2Cc3nc(OCC4CCCN4C)nc(N4CCNC(CC#N)C4)c3C2)c2ccccc2c1. The lowest BCUT2D eigenvalue weighted by Crippen LogP contribution is -2.51. The third-order valence-corrected chi connectivity index (χ3v) is 8.41. The highest BCUT2D eigenvalue weighted by molar-refractivity contribution is 6.07. The number of nitriles is 1. The van der Waals surface area contributed by atoms with Gasteiger partial charge < -0.3 is 34.2 Å². The highest BCUT2D eigenvalue weighted by atomic mass is 16.7. The zero-order chi connectivity index (χ0) is 29.1. The van der Waals surface area contributed by atoms with Gasteiger partial charge in [0.15, 0.2) is 6.79 Å². The average Bonchev–Trinajstić information content (AvgIpc) is 3.63. The van der Waals surface area contributed by atoms with E-state index in [1.807, 2.05) is 35.2 Å². The molecule has 0 saturated carbocycles. The molecule has 0 aliphatic carbocycles. The molecule has 0 bridgehead atoms. The topological polar surface area (TPSA) is 116 Å². The van der Waals surface area contributed by atoms with Crippen LogP contribution in [-0.4, -0.2) is 91.5 Å². The quantitative estimate of drug-likeness (QED) is 0.384. The smallest absolute Gasteiger partial charge is 0.318 e. The van der Waals surface area contributed by atoms with Gasteiger partial charge in [0.05, 0.1) is 36.8 Å². The number of likely N-dealkylation sites (tertiary alicyclic amines) is 1. The third-order valence-electron chi connectivity index (χ3n) is 8.41. The van der Waals surface area contributed by atoms with E-state index in [1.54, 1.807) is 13.2 Å². The molecule has 2 aromatic carbocycles. The van der Waals surface area contributed by atoms with Crippen LogP contribution >= 0.6 is 0 Å². The maximum atomic E-state index is 14.1. The van der Waals surface area contributed by atoms with Crippen molar-refractivity contribution in [3.63, 3.8) is 0 Å². The first kappa shape index (κ1) is 28.2. The van der Waals surface area contributed by atoms with Crippen molar-refractivity contribution in [1.29, 1.82) is 5.26 Å². The Morgan fingerprint density at radius 1 is 1.17 bits per heavy atom. The van der Waals surface area contributed by atoms with Crippen molar-refractivity contribution in [2.45, 2.75) is 44.4 Å². The van der Waals surface area contributed by atoms with E-state index < -0.39 is 0 Å². The predicted molar refractivity (Wildman–Crippen MR) is 157 cm³/mol. The van der Waals surface area contributed by atoms with Gasteiger partial charge in [-0.2, -0.15) is 15.2 Å². The van der Waals surface area contributed by atoms with Crippen molar-refractivity contribution in [2.75, 3.05) is 58.6 Å². The molecule has 0 radical (unpaired) electrons. The fourth-order valence-corrected chi connectivity index (χ4v) is 6.15. The van der Waals surface area contributed by atoms with Crippen molar-refractivity contribution in [2.24, 2.45) is 0 Å². The van der Waals surface area contributed by atoms with Crippen LogP contribution in [0.5, 0.6) is 11.8 Å². The van der Waals surface area contributed by atoms with Gasteiger partial charge >= 0.3 is 6.01 Å². The van der Waals surface area contributed by atoms with Gasteiger partial charge in [0.25, 0.3) is 5.91 Å². The Kier molecular flexibility index (Phi) is 8.37. The Labute approximate surface area is 246 Å². The molecule has 2 saturated heterocycles. The van der Waals surface area contributed by atoms with Gasteiger partial charge in [-0.15, -0.1) is 0 Å². The molecule has 1 aromatic heterocycles. The number of hydrogen-bond acceptors (Lipinski definition) is 10. The zero-order valence-corrected chi connectivity index (χ0v) is 24.2. The number of nitrogens with zero attached hydrogens (tertiary/aromatic N) is 6. The molecule has 3 aliphatic heterocycles. The number of piperazine rings is 1. The Hall–Kier alpha value is -3.98. The Balaban J connectivity index is 1.31. The number of fused-ring (bicyclic) bond motifs is 2. The summed E-state index contributed by atoms with van der Waals surface area (Å²) in [7, 11) is 3.69. The number of rotatable bonds is 9. The Morgan fingerprint density at radius 2 is 2.05 bits per heavy atom. The molecule has 4 heterocycles. The van der Waals surface area contributed by atoms with E-state index in [0.717, 1.165) is 60.3 Å². The first-order chi connectivity index (χ1) is 20.5. The number of nitrogens with one attached hydrogen (secondary N) is 1. The lowest BCUT2D eigenvalue weighted by atomic mass is 10.0. The van der Waals surface area contributed by atoms with E-state index in [9.17, 15) is 10.1 Å². The standard InChI is InChI=1S/C31H37N7O4/c1-36-12-5-7-23(36)19-41-31-34-28-18-38(17-27(28)29(35-31)37-13-11-33-22(16-37)9-10-32)30(39)26-15-24(42-20-40-2)14-21-6-3-4-8-25(21)26/h3-4,6,8,14-15,22-23,33H,5,7,9,11-13,16-20H2,1-2H3. The lowest BCUT2D eigenvalue weighted by molar-refractivity contribution is 0.0510. The maximum absolute atomic E-state index is 14.1. The van der Waals surface area contributed by atoms with Gasteiger partial charge in [-0.3, -0.25) is 4.79 Å². The minimum Gasteiger partial charge on any atom is -0.468 e. The van der Waals surface area contributed by atoms with Gasteiger partial charge in [-0.25, -0.2) is 0 Å². The molecular formula is C31H37N7O4. The summed E-state index contributed by atoms with van der Waals surface area (Å²) in [4.78, 5) is 30.1. The number of aromatic nitrogens is 2. The largest absolute Gasteiger partial charge is 0.468 e. The van der Waals surface area contributed by atoms with Crippen LogP contribution in [-0.2, 0) is 17.8 Å². The van der Waals surface area contributed by atoms with Crippen LogP contribution in [0.4, 0.5) is 5.82 Å². The minimum atomic E-state index is -0.101. The third kappa shape index (κ3) is 5.83. The van der Waals surface area contributed by atoms with E-state index >= 15 is 0 Å². The Morgan fingerprint density at radius 3 is 2.86 bits per heavy atom. The first-order valence-corrected chi connectivity index (χ1v) is 14.6. The molecule has 2 atom stereocenters. The maximum Gasteiger partial charge on any atom is 0.318 e. The van der Waals surface area contributed by atoms with Gasteiger partial charge in [-0.1, -0.05) is 24.3 Å². The van der Waals surface area contributed by atoms with Crippen LogP contribution in [0.2, 0.25) is 0 Å². The van der Waals surface area contributed by atoms with Crippen LogP contribution in [0, 0.1) is 11.3 Å². The normalized spacial score (nSPS) is 20.5. The summed E-state index contributed by atoms with van der Waals surface area (Å²) in [6.07, 6.45) is 2.66. The summed E-state index contributed by atoms with van der Waals surface area (Å²) in [5.74, 6) is 1.26. The van der Waals surface area contributed by atoms with Gasteiger partial charge in [0.2, 0.25) is 0 Å². The van der Waals surface area contributed by atoms with Crippen molar-refractivity contribution < 1.29 is 19.0 Å². The molecule has 0 spiro atoms. The second-order valence-corrected chi connectivity index (χ2v) is 11.2. The Bertz CT molecular complexity index is 1490. The predicted octanol–water partition coefficient (Wildman–Crippen LogP) is 2.93. The summed E-state index contributed by atoms with van der Waals surface area (Å²) in [5, 5.41) is 14.5. The van der Waals surface area contributed by atoms with Gasteiger partial charge in [0, 0.05) is 44.4 Å². The summed E-state index contributed by atoms with van der Waals surface area (Å²) in [6, 6.07) is 14.5. The van der Waals surface area contributed by atoms with Crippen molar-refractivity contribution in [3.05, 3.63) is 53.2 Å². The molecule has 2 unspecified atom stereocenters. The molecule has 6 rings (SSSR count). The molecule has 42 heavy (non-hydrogen) atoms.